The third-order valence-corrected chi connectivity index (χ3v) is 2.90. The molecule has 0 spiro atoms. The fourth-order valence-electron chi connectivity index (χ4n) is 1.62. The molecule has 83 valence electrons. The van der Waals surface area contributed by atoms with E-state index in [-0.39, 0.29) is 0 Å². The fourth-order valence-corrected chi connectivity index (χ4v) is 1.62. The summed E-state index contributed by atoms with van der Waals surface area (Å²) in [6, 6.07) is 8.02. The number of hydrogen-bond acceptors (Lipinski definition) is 2. The Morgan fingerprint density at radius 1 is 1.44 bits per heavy atom. The Kier molecular flexibility index (Phi) is 3.76. The number of hydrogen-bond donors (Lipinski definition) is 0. The largest absolute Gasteiger partial charge is 0.391 e. The van der Waals surface area contributed by atoms with Crippen molar-refractivity contribution in [1.29, 1.82) is 0 Å². The molecule has 1 radical (unpaired) electrons. The molecule has 0 bridgehead atoms. The Labute approximate surface area is 96.6 Å². The maximum Gasteiger partial charge on any atom is 0.142 e. The SMILES string of the molecule is C=Cc1ccccc1CO/N=[C]\C1CCC1. The summed E-state index contributed by atoms with van der Waals surface area (Å²) in [5.74, 6) is 0.523. The molecule has 0 aliphatic heterocycles. The Morgan fingerprint density at radius 3 is 2.94 bits per heavy atom. The van der Waals surface area contributed by atoms with Crippen molar-refractivity contribution in [3.63, 3.8) is 0 Å². The maximum absolute atomic E-state index is 5.23. The van der Waals surface area contributed by atoms with Crippen molar-refractivity contribution in [2.45, 2.75) is 25.9 Å². The number of benzene rings is 1. The first kappa shape index (κ1) is 10.9. The van der Waals surface area contributed by atoms with Gasteiger partial charge in [-0.2, -0.15) is 0 Å². The van der Waals surface area contributed by atoms with E-state index >= 15 is 0 Å². The zero-order valence-electron chi connectivity index (χ0n) is 9.36. The van der Waals surface area contributed by atoms with Gasteiger partial charge in [0.25, 0.3) is 0 Å². The molecule has 16 heavy (non-hydrogen) atoms. The van der Waals surface area contributed by atoms with E-state index in [0.29, 0.717) is 12.5 Å². The monoisotopic (exact) mass is 214 g/mol. The lowest BCUT2D eigenvalue weighted by molar-refractivity contribution is 0.129. The van der Waals surface area contributed by atoms with Crippen LogP contribution in [0, 0.1) is 5.92 Å². The molecule has 1 aromatic carbocycles. The number of nitrogens with zero attached hydrogens (tertiary/aromatic N) is 1. The molecule has 2 nitrogen and oxygen atoms in total. The quantitative estimate of drug-likeness (QED) is 0.543. The molecule has 1 aliphatic rings. The Morgan fingerprint density at radius 2 is 2.25 bits per heavy atom. The molecule has 1 aromatic rings. The average molecular weight is 214 g/mol. The summed E-state index contributed by atoms with van der Waals surface area (Å²) in [7, 11) is 0. The smallest absolute Gasteiger partial charge is 0.142 e. The van der Waals surface area contributed by atoms with Gasteiger partial charge in [0.2, 0.25) is 0 Å². The Balaban J connectivity index is 1.84. The van der Waals surface area contributed by atoms with Gasteiger partial charge in [0.15, 0.2) is 0 Å². The zero-order valence-corrected chi connectivity index (χ0v) is 9.36. The molecular weight excluding hydrogens is 198 g/mol. The first-order valence-corrected chi connectivity index (χ1v) is 5.68. The van der Waals surface area contributed by atoms with Gasteiger partial charge in [-0.05, 0) is 24.0 Å². The van der Waals surface area contributed by atoms with E-state index in [0.717, 1.165) is 11.1 Å². The minimum Gasteiger partial charge on any atom is -0.391 e. The van der Waals surface area contributed by atoms with E-state index < -0.39 is 0 Å². The predicted octanol–water partition coefficient (Wildman–Crippen LogP) is 3.51. The van der Waals surface area contributed by atoms with E-state index in [1.54, 1.807) is 0 Å². The van der Waals surface area contributed by atoms with Crippen LogP contribution >= 0.6 is 0 Å². The maximum atomic E-state index is 5.23. The van der Waals surface area contributed by atoms with Gasteiger partial charge in [-0.25, -0.2) is 0 Å². The van der Waals surface area contributed by atoms with E-state index in [4.69, 9.17) is 4.84 Å². The molecule has 0 amide bonds. The molecule has 1 fully saturated rings. The molecule has 0 heterocycles. The van der Waals surface area contributed by atoms with Gasteiger partial charge in [-0.3, -0.25) is 0 Å². The molecule has 0 unspecified atom stereocenters. The van der Waals surface area contributed by atoms with Gasteiger partial charge in [0.05, 0.1) is 0 Å². The zero-order chi connectivity index (χ0) is 11.2. The number of rotatable bonds is 5. The standard InChI is InChI=1S/C14H16NO/c1-2-13-8-3-4-9-14(13)11-16-15-10-12-6-5-7-12/h2-4,8-9,12H,1,5-7,11H2. The topological polar surface area (TPSA) is 21.6 Å². The van der Waals surface area contributed by atoms with Crippen LogP contribution in [-0.2, 0) is 11.4 Å². The second-order valence-electron chi connectivity index (χ2n) is 4.02. The summed E-state index contributed by atoms with van der Waals surface area (Å²) in [6.07, 6.45) is 8.54. The minimum atomic E-state index is 0.488. The molecule has 2 heteroatoms. The summed E-state index contributed by atoms with van der Waals surface area (Å²) in [4.78, 5) is 5.23. The lowest BCUT2D eigenvalue weighted by Crippen LogP contribution is -2.11. The van der Waals surface area contributed by atoms with Crippen LogP contribution in [0.4, 0.5) is 0 Å². The lowest BCUT2D eigenvalue weighted by atomic mass is 9.87. The molecule has 0 N–H and O–H groups in total. The second kappa shape index (κ2) is 5.50. The molecule has 0 aromatic heterocycles. The molecule has 0 saturated heterocycles. The van der Waals surface area contributed by atoms with Gasteiger partial charge in [0, 0.05) is 5.92 Å². The third-order valence-electron chi connectivity index (χ3n) is 2.90. The van der Waals surface area contributed by atoms with E-state index in [2.05, 4.69) is 17.9 Å². The van der Waals surface area contributed by atoms with Crippen molar-refractivity contribution in [2.24, 2.45) is 11.1 Å². The van der Waals surface area contributed by atoms with Gasteiger partial charge in [-0.1, -0.05) is 48.5 Å². The summed E-state index contributed by atoms with van der Waals surface area (Å²) >= 11 is 0. The van der Waals surface area contributed by atoms with Crippen LogP contribution in [0.1, 0.15) is 30.4 Å². The molecule has 2 rings (SSSR count). The fraction of sp³-hybridized carbons (Fsp3) is 0.357. The first-order valence-electron chi connectivity index (χ1n) is 5.68. The summed E-state index contributed by atoms with van der Waals surface area (Å²) < 4.78 is 0. The van der Waals surface area contributed by atoms with Crippen molar-refractivity contribution >= 4 is 12.3 Å². The summed E-state index contributed by atoms with van der Waals surface area (Å²) in [5.41, 5.74) is 2.21. The molecular formula is C14H16NO. The van der Waals surface area contributed by atoms with E-state index in [1.807, 2.05) is 30.3 Å². The summed E-state index contributed by atoms with van der Waals surface area (Å²) in [6.45, 7) is 4.26. The van der Waals surface area contributed by atoms with Crippen molar-refractivity contribution in [3.05, 3.63) is 42.0 Å². The van der Waals surface area contributed by atoms with Gasteiger partial charge >= 0.3 is 0 Å². The highest BCUT2D eigenvalue weighted by atomic mass is 16.6. The molecule has 1 aliphatic carbocycles. The van der Waals surface area contributed by atoms with Crippen LogP contribution in [0.25, 0.3) is 6.08 Å². The molecule has 1 saturated carbocycles. The van der Waals surface area contributed by atoms with Crippen LogP contribution in [0.15, 0.2) is 36.0 Å². The highest BCUT2D eigenvalue weighted by Gasteiger charge is 2.15. The van der Waals surface area contributed by atoms with Gasteiger partial charge in [-0.15, -0.1) is 0 Å². The van der Waals surface area contributed by atoms with Crippen LogP contribution < -0.4 is 0 Å². The van der Waals surface area contributed by atoms with Gasteiger partial charge in [0.1, 0.15) is 12.8 Å². The third kappa shape index (κ3) is 2.72. The van der Waals surface area contributed by atoms with E-state index in [1.165, 1.54) is 19.3 Å². The van der Waals surface area contributed by atoms with Crippen molar-refractivity contribution in [3.8, 4) is 0 Å². The Bertz CT molecular complexity index is 380. The highest BCUT2D eigenvalue weighted by Crippen LogP contribution is 2.24. The second-order valence-corrected chi connectivity index (χ2v) is 4.02. The predicted molar refractivity (Wildman–Crippen MR) is 66.1 cm³/mol. The first-order chi connectivity index (χ1) is 7.90. The van der Waals surface area contributed by atoms with Crippen LogP contribution in [0.2, 0.25) is 0 Å². The van der Waals surface area contributed by atoms with Crippen molar-refractivity contribution < 1.29 is 4.84 Å². The van der Waals surface area contributed by atoms with Crippen LogP contribution in [0.3, 0.4) is 0 Å². The van der Waals surface area contributed by atoms with Crippen LogP contribution in [-0.4, -0.2) is 6.21 Å². The van der Waals surface area contributed by atoms with Crippen molar-refractivity contribution in [2.75, 3.05) is 0 Å². The van der Waals surface area contributed by atoms with Crippen LogP contribution in [0.5, 0.6) is 0 Å². The van der Waals surface area contributed by atoms with E-state index in [9.17, 15) is 0 Å². The summed E-state index contributed by atoms with van der Waals surface area (Å²) in [5, 5.41) is 3.88. The average Bonchev–Trinajstić information content (AvgIpc) is 2.27. The van der Waals surface area contributed by atoms with Gasteiger partial charge < -0.3 is 4.84 Å². The molecule has 0 atom stereocenters. The normalized spacial score (nSPS) is 16.0. The Hall–Kier alpha value is -1.57. The highest BCUT2D eigenvalue weighted by molar-refractivity contribution is 5.60. The van der Waals surface area contributed by atoms with Crippen molar-refractivity contribution in [1.82, 2.24) is 0 Å². The minimum absolute atomic E-state index is 0.488. The lowest BCUT2D eigenvalue weighted by Gasteiger charge is -2.18.